The number of carbonyl (C=O) groups is 2. The van der Waals surface area contributed by atoms with Crippen LogP contribution in [0.3, 0.4) is 0 Å². The van der Waals surface area contributed by atoms with E-state index >= 15 is 0 Å². The summed E-state index contributed by atoms with van der Waals surface area (Å²) in [6, 6.07) is 0. The first-order valence-corrected chi connectivity index (χ1v) is 8.10. The third-order valence-electron chi connectivity index (χ3n) is 5.50. The first kappa shape index (κ1) is 16.3. The molecular formula is C16H28N2O3. The number of carbonyl (C=O) groups excluding carboxylic acids is 1. The second-order valence-electron chi connectivity index (χ2n) is 7.03. The van der Waals surface area contributed by atoms with E-state index < -0.39 is 11.5 Å². The minimum absolute atomic E-state index is 0.0730. The van der Waals surface area contributed by atoms with Gasteiger partial charge >= 0.3 is 5.97 Å². The molecule has 2 N–H and O–H groups in total. The van der Waals surface area contributed by atoms with Crippen LogP contribution in [-0.2, 0) is 9.59 Å². The molecule has 1 amide bonds. The van der Waals surface area contributed by atoms with E-state index in [1.54, 1.807) is 4.90 Å². The minimum atomic E-state index is -0.799. The van der Waals surface area contributed by atoms with Crippen molar-refractivity contribution in [2.75, 3.05) is 20.1 Å². The number of amides is 1. The van der Waals surface area contributed by atoms with Gasteiger partial charge in [0.25, 0.3) is 0 Å². The average Bonchev–Trinajstić information content (AvgIpc) is 2.46. The van der Waals surface area contributed by atoms with Gasteiger partial charge in [0.15, 0.2) is 0 Å². The molecule has 0 atom stereocenters. The van der Waals surface area contributed by atoms with Crippen molar-refractivity contribution in [1.29, 1.82) is 0 Å². The molecule has 21 heavy (non-hydrogen) atoms. The number of hydrogen-bond acceptors (Lipinski definition) is 3. The summed E-state index contributed by atoms with van der Waals surface area (Å²) in [6.07, 6.45) is 6.55. The van der Waals surface area contributed by atoms with Gasteiger partial charge in [0.05, 0.1) is 12.0 Å². The number of aliphatic carboxylic acids is 1. The lowest BCUT2D eigenvalue weighted by molar-refractivity contribution is -0.153. The summed E-state index contributed by atoms with van der Waals surface area (Å²) in [5, 5.41) is 12.6. The monoisotopic (exact) mass is 296 g/mol. The number of rotatable bonds is 4. The Morgan fingerprint density at radius 2 is 1.67 bits per heavy atom. The van der Waals surface area contributed by atoms with Crippen LogP contribution >= 0.6 is 0 Å². The Kier molecular flexibility index (Phi) is 4.91. The third-order valence-corrected chi connectivity index (χ3v) is 5.50. The molecular weight excluding hydrogens is 268 g/mol. The number of carboxylic acid groups (broad SMARTS) is 1. The summed E-state index contributed by atoms with van der Waals surface area (Å²) in [5.74, 6) is -0.667. The van der Waals surface area contributed by atoms with Crippen LogP contribution in [0.5, 0.6) is 0 Å². The summed E-state index contributed by atoms with van der Waals surface area (Å²) >= 11 is 0. The van der Waals surface area contributed by atoms with Crippen LogP contribution in [0, 0.1) is 5.41 Å². The van der Waals surface area contributed by atoms with Gasteiger partial charge in [-0.1, -0.05) is 26.2 Å². The molecule has 0 radical (unpaired) electrons. The number of carboxylic acids is 1. The van der Waals surface area contributed by atoms with E-state index in [4.69, 9.17) is 0 Å². The van der Waals surface area contributed by atoms with Gasteiger partial charge in [-0.25, -0.2) is 0 Å². The fourth-order valence-corrected chi connectivity index (χ4v) is 3.93. The van der Waals surface area contributed by atoms with Gasteiger partial charge in [-0.2, -0.15) is 0 Å². The van der Waals surface area contributed by atoms with E-state index in [1.807, 2.05) is 14.0 Å². The van der Waals surface area contributed by atoms with Gasteiger partial charge in [-0.15, -0.1) is 0 Å². The summed E-state index contributed by atoms with van der Waals surface area (Å²) in [6.45, 7) is 3.76. The van der Waals surface area contributed by atoms with Crippen molar-refractivity contribution in [2.45, 2.75) is 63.8 Å². The minimum Gasteiger partial charge on any atom is -0.481 e. The highest BCUT2D eigenvalue weighted by Crippen LogP contribution is 2.40. The summed E-state index contributed by atoms with van der Waals surface area (Å²) < 4.78 is 0. The van der Waals surface area contributed by atoms with E-state index in [2.05, 4.69) is 5.32 Å². The molecule has 1 aliphatic carbocycles. The van der Waals surface area contributed by atoms with Gasteiger partial charge in [-0.3, -0.25) is 9.59 Å². The molecule has 2 aliphatic rings. The average molecular weight is 296 g/mol. The van der Waals surface area contributed by atoms with Crippen LogP contribution < -0.4 is 5.32 Å². The lowest BCUT2D eigenvalue weighted by Gasteiger charge is -2.47. The summed E-state index contributed by atoms with van der Waals surface area (Å²) in [7, 11) is 1.82. The van der Waals surface area contributed by atoms with Crippen LogP contribution in [0.1, 0.15) is 58.3 Å². The molecule has 0 aromatic carbocycles. The Bertz CT molecular complexity index is 396. The molecule has 1 heterocycles. The molecule has 0 aromatic rings. The van der Waals surface area contributed by atoms with Gasteiger partial charge < -0.3 is 15.3 Å². The van der Waals surface area contributed by atoms with Crippen LogP contribution in [-0.4, -0.2) is 47.6 Å². The summed E-state index contributed by atoms with van der Waals surface area (Å²) in [5.41, 5.74) is -0.821. The van der Waals surface area contributed by atoms with Crippen LogP contribution in [0.2, 0.25) is 0 Å². The number of hydrogen-bond donors (Lipinski definition) is 2. The van der Waals surface area contributed by atoms with E-state index in [1.165, 1.54) is 0 Å². The molecule has 0 aromatic heterocycles. The Labute approximate surface area is 127 Å². The zero-order valence-electron chi connectivity index (χ0n) is 13.3. The molecule has 5 heteroatoms. The fraction of sp³-hybridized carbons (Fsp3) is 0.875. The molecule has 1 saturated heterocycles. The normalized spacial score (nSPS) is 24.3. The van der Waals surface area contributed by atoms with E-state index in [0.717, 1.165) is 58.0 Å². The van der Waals surface area contributed by atoms with Crippen molar-refractivity contribution in [3.05, 3.63) is 0 Å². The van der Waals surface area contributed by atoms with Crippen molar-refractivity contribution < 1.29 is 14.7 Å². The van der Waals surface area contributed by atoms with Crippen LogP contribution in [0.4, 0.5) is 0 Å². The number of nitrogens with one attached hydrogen (secondary N) is 1. The van der Waals surface area contributed by atoms with Crippen LogP contribution in [0.25, 0.3) is 0 Å². The SMILES string of the molecule is CN(C(=O)C1(C)CCNCC1)C1(CC(=O)O)CCCCC1. The molecule has 2 fully saturated rings. The Morgan fingerprint density at radius 3 is 2.19 bits per heavy atom. The molecule has 0 spiro atoms. The maximum absolute atomic E-state index is 13.0. The van der Waals surface area contributed by atoms with Crippen molar-refractivity contribution in [3.63, 3.8) is 0 Å². The quantitative estimate of drug-likeness (QED) is 0.832. The number of piperidine rings is 1. The first-order valence-electron chi connectivity index (χ1n) is 8.10. The molecule has 1 saturated carbocycles. The van der Waals surface area contributed by atoms with Gasteiger partial charge in [-0.05, 0) is 38.8 Å². The fourth-order valence-electron chi connectivity index (χ4n) is 3.93. The molecule has 5 nitrogen and oxygen atoms in total. The highest BCUT2D eigenvalue weighted by molar-refractivity contribution is 5.84. The predicted molar refractivity (Wildman–Crippen MR) is 81.0 cm³/mol. The molecule has 0 unspecified atom stereocenters. The molecule has 120 valence electrons. The smallest absolute Gasteiger partial charge is 0.305 e. The Hall–Kier alpha value is -1.10. The van der Waals surface area contributed by atoms with Gasteiger partial charge in [0.2, 0.25) is 5.91 Å². The topological polar surface area (TPSA) is 69.6 Å². The molecule has 1 aliphatic heterocycles. The van der Waals surface area contributed by atoms with Crippen molar-refractivity contribution in [1.82, 2.24) is 10.2 Å². The van der Waals surface area contributed by atoms with Crippen LogP contribution in [0.15, 0.2) is 0 Å². The van der Waals surface area contributed by atoms with Gasteiger partial charge in [0, 0.05) is 12.5 Å². The standard InChI is InChI=1S/C16H28N2O3/c1-15(8-10-17-11-9-15)14(21)18(2)16(12-13(19)20)6-4-3-5-7-16/h17H,3-12H2,1-2H3,(H,19,20). The zero-order valence-corrected chi connectivity index (χ0v) is 13.3. The second kappa shape index (κ2) is 6.34. The first-order chi connectivity index (χ1) is 9.90. The number of nitrogens with zero attached hydrogens (tertiary/aromatic N) is 1. The van der Waals surface area contributed by atoms with E-state index in [9.17, 15) is 14.7 Å². The largest absolute Gasteiger partial charge is 0.481 e. The molecule has 0 bridgehead atoms. The summed E-state index contributed by atoms with van der Waals surface area (Å²) in [4.78, 5) is 26.1. The van der Waals surface area contributed by atoms with Crippen molar-refractivity contribution >= 4 is 11.9 Å². The lowest BCUT2D eigenvalue weighted by Crippen LogP contribution is -2.57. The zero-order chi connectivity index (χ0) is 15.5. The lowest BCUT2D eigenvalue weighted by atomic mass is 9.74. The van der Waals surface area contributed by atoms with E-state index in [0.29, 0.717) is 0 Å². The predicted octanol–water partition coefficient (Wildman–Crippen LogP) is 2.01. The highest BCUT2D eigenvalue weighted by Gasteiger charge is 2.45. The van der Waals surface area contributed by atoms with Gasteiger partial charge in [0.1, 0.15) is 0 Å². The maximum Gasteiger partial charge on any atom is 0.305 e. The Balaban J connectivity index is 2.18. The molecule has 2 rings (SSSR count). The second-order valence-corrected chi connectivity index (χ2v) is 7.03. The Morgan fingerprint density at radius 1 is 1.10 bits per heavy atom. The third kappa shape index (κ3) is 3.39. The van der Waals surface area contributed by atoms with Crippen molar-refractivity contribution in [2.24, 2.45) is 5.41 Å². The maximum atomic E-state index is 13.0. The highest BCUT2D eigenvalue weighted by atomic mass is 16.4. The van der Waals surface area contributed by atoms with E-state index in [-0.39, 0.29) is 17.7 Å². The van der Waals surface area contributed by atoms with Crippen molar-refractivity contribution in [3.8, 4) is 0 Å².